The lowest BCUT2D eigenvalue weighted by molar-refractivity contribution is -0.175. The molecule has 2 N–H and O–H groups in total. The van der Waals surface area contributed by atoms with E-state index in [0.717, 1.165) is 0 Å². The molecule has 1 aliphatic rings. The van der Waals surface area contributed by atoms with Crippen LogP contribution >= 0.6 is 22.7 Å². The summed E-state index contributed by atoms with van der Waals surface area (Å²) in [6.07, 6.45) is 0. The summed E-state index contributed by atoms with van der Waals surface area (Å²) in [7, 11) is 0. The number of fused-ring (bicyclic) bond motifs is 2. The second-order valence-electron chi connectivity index (χ2n) is 7.50. The average Bonchev–Trinajstić information content (AvgIpc) is 3.57. The Kier molecular flexibility index (Phi) is 5.38. The van der Waals surface area contributed by atoms with Gasteiger partial charge in [0.15, 0.2) is 0 Å². The Morgan fingerprint density at radius 2 is 1.36 bits per heavy atom. The van der Waals surface area contributed by atoms with Crippen molar-refractivity contribution in [2.75, 3.05) is 6.61 Å². The maximum Gasteiger partial charge on any atom is 0.357 e. The third kappa shape index (κ3) is 3.22. The Balaban J connectivity index is 1.60. The molecule has 0 aliphatic carbocycles. The lowest BCUT2D eigenvalue weighted by atomic mass is 9.73. The van der Waals surface area contributed by atoms with Gasteiger partial charge < -0.3 is 19.7 Å². The van der Waals surface area contributed by atoms with Crippen LogP contribution in [0.3, 0.4) is 0 Å². The van der Waals surface area contributed by atoms with Crippen LogP contribution in [0.25, 0.3) is 0 Å². The fourth-order valence-corrected chi connectivity index (χ4v) is 5.79. The molecule has 0 spiro atoms. The highest BCUT2D eigenvalue weighted by molar-refractivity contribution is 7.12. The first-order valence-corrected chi connectivity index (χ1v) is 11.8. The van der Waals surface area contributed by atoms with Gasteiger partial charge in [0.25, 0.3) is 0 Å². The van der Waals surface area contributed by atoms with Gasteiger partial charge in [-0.2, -0.15) is 0 Å². The number of carbonyl (C=O) groups excluding carboxylic acids is 2. The van der Waals surface area contributed by atoms with E-state index < -0.39 is 29.6 Å². The van der Waals surface area contributed by atoms with E-state index in [1.54, 1.807) is 83.6 Å². The molecular weight excluding hydrogens is 460 g/mol. The van der Waals surface area contributed by atoms with Crippen LogP contribution < -0.4 is 4.74 Å². The van der Waals surface area contributed by atoms with Crippen LogP contribution in [-0.4, -0.2) is 28.8 Å². The minimum Gasteiger partial charge on any atom is -0.457 e. The largest absolute Gasteiger partial charge is 0.457 e. The number of rotatable bonds is 5. The van der Waals surface area contributed by atoms with E-state index in [-0.39, 0.29) is 0 Å². The summed E-state index contributed by atoms with van der Waals surface area (Å²) in [6.45, 7) is -0.660. The quantitative estimate of drug-likeness (QED) is 0.330. The monoisotopic (exact) mass is 478 g/mol. The van der Waals surface area contributed by atoms with E-state index >= 15 is 0 Å². The van der Waals surface area contributed by atoms with Crippen molar-refractivity contribution in [2.45, 2.75) is 11.0 Å². The minimum absolute atomic E-state index is 0.327. The third-order valence-electron chi connectivity index (χ3n) is 5.74. The molecule has 8 heteroatoms. The van der Waals surface area contributed by atoms with Crippen LogP contribution in [0, 0.1) is 0 Å². The number of ether oxygens (including phenoxy) is 2. The molecule has 166 valence electrons. The predicted molar refractivity (Wildman–Crippen MR) is 124 cm³/mol. The fraction of sp³-hybridized carbons (Fsp3) is 0.120. The highest BCUT2D eigenvalue weighted by Crippen LogP contribution is 2.49. The van der Waals surface area contributed by atoms with Gasteiger partial charge >= 0.3 is 11.9 Å². The Labute approximate surface area is 197 Å². The zero-order chi connectivity index (χ0) is 23.1. The smallest absolute Gasteiger partial charge is 0.357 e. The molecule has 3 heterocycles. The van der Waals surface area contributed by atoms with Gasteiger partial charge in [0.05, 0.1) is 16.4 Å². The first kappa shape index (κ1) is 21.5. The number of aliphatic hydroxyl groups is 2. The first-order chi connectivity index (χ1) is 16.0. The maximum absolute atomic E-state index is 13.7. The molecule has 0 atom stereocenters. The highest BCUT2D eigenvalue weighted by atomic mass is 32.1. The second-order valence-corrected chi connectivity index (χ2v) is 9.40. The van der Waals surface area contributed by atoms with Crippen LogP contribution in [0.5, 0.6) is 11.5 Å². The van der Waals surface area contributed by atoms with E-state index in [9.17, 15) is 19.8 Å². The van der Waals surface area contributed by atoms with Gasteiger partial charge in [-0.05, 0) is 35.0 Å². The van der Waals surface area contributed by atoms with Crippen LogP contribution in [0.2, 0.25) is 0 Å². The first-order valence-electron chi connectivity index (χ1n) is 10.1. The second kappa shape index (κ2) is 8.24. The minimum atomic E-state index is -2.15. The summed E-state index contributed by atoms with van der Waals surface area (Å²) >= 11 is 2.35. The SMILES string of the molecule is O=C(OC(=O)C1(CO)c2ccccc2Oc2ccccc21)C(O)(c1cccs1)c1cccs1. The average molecular weight is 479 g/mol. The number of para-hydroxylation sites is 2. The zero-order valence-electron chi connectivity index (χ0n) is 17.1. The van der Waals surface area contributed by atoms with Gasteiger partial charge in [-0.1, -0.05) is 48.5 Å². The summed E-state index contributed by atoms with van der Waals surface area (Å²) in [6, 6.07) is 20.2. The topological polar surface area (TPSA) is 93.1 Å². The van der Waals surface area contributed by atoms with Crippen molar-refractivity contribution in [3.63, 3.8) is 0 Å². The zero-order valence-corrected chi connectivity index (χ0v) is 18.8. The molecule has 2 aromatic heterocycles. The van der Waals surface area contributed by atoms with E-state index in [2.05, 4.69) is 0 Å². The third-order valence-corrected chi connectivity index (χ3v) is 7.69. The van der Waals surface area contributed by atoms with E-state index in [1.165, 1.54) is 22.7 Å². The summed E-state index contributed by atoms with van der Waals surface area (Å²) in [5, 5.41) is 25.5. The number of hydrogen-bond acceptors (Lipinski definition) is 8. The molecule has 5 rings (SSSR count). The molecule has 0 fully saturated rings. The summed E-state index contributed by atoms with van der Waals surface area (Å²) in [4.78, 5) is 27.8. The molecule has 33 heavy (non-hydrogen) atoms. The summed E-state index contributed by atoms with van der Waals surface area (Å²) in [5.74, 6) is -1.38. The van der Waals surface area contributed by atoms with Crippen molar-refractivity contribution in [2.24, 2.45) is 0 Å². The van der Waals surface area contributed by atoms with Crippen molar-refractivity contribution in [1.29, 1.82) is 0 Å². The summed E-state index contributed by atoms with van der Waals surface area (Å²) < 4.78 is 11.3. The Morgan fingerprint density at radius 1 is 0.848 bits per heavy atom. The van der Waals surface area contributed by atoms with Gasteiger partial charge in [-0.3, -0.25) is 4.79 Å². The van der Waals surface area contributed by atoms with Crippen molar-refractivity contribution < 1.29 is 29.3 Å². The van der Waals surface area contributed by atoms with E-state index in [4.69, 9.17) is 9.47 Å². The molecule has 0 saturated heterocycles. The number of benzene rings is 2. The highest BCUT2D eigenvalue weighted by Gasteiger charge is 2.53. The normalized spacial score (nSPS) is 14.0. The van der Waals surface area contributed by atoms with Crippen molar-refractivity contribution in [3.05, 3.63) is 104 Å². The van der Waals surface area contributed by atoms with Crippen LogP contribution in [0.4, 0.5) is 0 Å². The van der Waals surface area contributed by atoms with Gasteiger partial charge in [-0.15, -0.1) is 22.7 Å². The van der Waals surface area contributed by atoms with Gasteiger partial charge in [0, 0.05) is 11.1 Å². The molecule has 0 saturated carbocycles. The number of thiophene rings is 2. The Bertz CT molecular complexity index is 1230. The molecule has 4 aromatic rings. The fourth-order valence-electron chi connectivity index (χ4n) is 4.07. The van der Waals surface area contributed by atoms with Crippen LogP contribution in [0.15, 0.2) is 83.6 Å². The van der Waals surface area contributed by atoms with Gasteiger partial charge in [-0.25, -0.2) is 4.79 Å². The number of carbonyl (C=O) groups is 2. The van der Waals surface area contributed by atoms with E-state index in [1.807, 2.05) is 0 Å². The Hall–Kier alpha value is -3.30. The molecule has 1 aliphatic heterocycles. The van der Waals surface area contributed by atoms with Crippen LogP contribution in [0.1, 0.15) is 20.9 Å². The molecule has 6 nitrogen and oxygen atoms in total. The summed E-state index contributed by atoms with van der Waals surface area (Å²) in [5.41, 5.74) is -3.11. The van der Waals surface area contributed by atoms with E-state index in [0.29, 0.717) is 32.4 Å². The molecule has 0 radical (unpaired) electrons. The molecule has 0 amide bonds. The standard InChI is InChI=1S/C25H18O6S2/c26-15-24(16-7-1-3-9-18(16)30-19-10-4-2-8-17(19)24)22(27)31-23(28)25(29,20-11-5-13-32-20)21-12-6-14-33-21/h1-14,26,29H,15H2. The van der Waals surface area contributed by atoms with Crippen molar-refractivity contribution in [3.8, 4) is 11.5 Å². The van der Waals surface area contributed by atoms with Gasteiger partial charge in [0.1, 0.15) is 16.9 Å². The maximum atomic E-state index is 13.7. The van der Waals surface area contributed by atoms with Crippen molar-refractivity contribution in [1.82, 2.24) is 0 Å². The van der Waals surface area contributed by atoms with Crippen LogP contribution in [-0.2, 0) is 25.3 Å². The number of hydrogen-bond donors (Lipinski definition) is 2. The molecule has 0 bridgehead atoms. The lowest BCUT2D eigenvalue weighted by Crippen LogP contribution is -2.48. The molecule has 2 aromatic carbocycles. The van der Waals surface area contributed by atoms with Gasteiger partial charge in [0.2, 0.25) is 5.60 Å². The predicted octanol–water partition coefficient (Wildman–Crippen LogP) is 4.20. The van der Waals surface area contributed by atoms with Crippen molar-refractivity contribution >= 4 is 34.6 Å². The number of aliphatic hydroxyl groups excluding tert-OH is 1. The Morgan fingerprint density at radius 3 is 1.82 bits per heavy atom. The molecule has 0 unspecified atom stereocenters. The lowest BCUT2D eigenvalue weighted by Gasteiger charge is -2.37. The number of esters is 2. The molecular formula is C25H18O6S2.